The minimum Gasteiger partial charge on any atom is -0.383 e. The Kier molecular flexibility index (Phi) is 9.53. The number of piperidine rings is 1. The summed E-state index contributed by atoms with van der Waals surface area (Å²) in [6.07, 6.45) is 3.18. The molecule has 2 aromatic carbocycles. The summed E-state index contributed by atoms with van der Waals surface area (Å²) in [5, 5.41) is 3.62. The van der Waals surface area contributed by atoms with Crippen molar-refractivity contribution in [2.45, 2.75) is 31.8 Å². The number of likely N-dealkylation sites (tertiary alicyclic amines) is 1. The molecule has 37 heavy (non-hydrogen) atoms. The Morgan fingerprint density at radius 1 is 1.19 bits per heavy atom. The number of nitrogens with one attached hydrogen (secondary N) is 1. The van der Waals surface area contributed by atoms with E-state index < -0.39 is 0 Å². The molecule has 0 bridgehead atoms. The van der Waals surface area contributed by atoms with Crippen LogP contribution in [0, 0.1) is 5.82 Å². The lowest BCUT2D eigenvalue weighted by Gasteiger charge is -2.32. The van der Waals surface area contributed by atoms with E-state index >= 15 is 0 Å². The molecule has 0 radical (unpaired) electrons. The molecule has 1 aromatic heterocycles. The average Bonchev–Trinajstić information content (AvgIpc) is 3.27. The number of carbonyl (C=O) groups is 2. The van der Waals surface area contributed by atoms with Gasteiger partial charge >= 0.3 is 6.03 Å². The summed E-state index contributed by atoms with van der Waals surface area (Å²) in [5.41, 5.74) is 9.29. The zero-order valence-corrected chi connectivity index (χ0v) is 22.3. The zero-order chi connectivity index (χ0) is 25.8. The standard InChI is InChI=1S/C27H34FN5O3.ClH/c1-31(2)27(35)30-23-5-4-6-24-25(23)21(17-33(24)13-14-36-3)26(34)32-11-9-19(10-12-32)20-15-18(16-29)7-8-22(20)28;/h4-8,15,17,19H,9-14,16,29H2,1-3H3,(H,30,35);1H. The summed E-state index contributed by atoms with van der Waals surface area (Å²) < 4.78 is 21.8. The number of hydrogen-bond acceptors (Lipinski definition) is 4. The molecule has 1 fully saturated rings. The third kappa shape index (κ3) is 6.06. The van der Waals surface area contributed by atoms with E-state index in [0.717, 1.165) is 11.1 Å². The number of carbonyl (C=O) groups excluding carboxylic acids is 2. The van der Waals surface area contributed by atoms with Crippen LogP contribution in [0.1, 0.15) is 40.2 Å². The van der Waals surface area contributed by atoms with Crippen LogP contribution in [-0.2, 0) is 17.8 Å². The third-order valence-electron chi connectivity index (χ3n) is 6.84. The van der Waals surface area contributed by atoms with Crippen LogP contribution in [0.4, 0.5) is 14.9 Å². The van der Waals surface area contributed by atoms with E-state index in [-0.39, 0.29) is 36.1 Å². The van der Waals surface area contributed by atoms with E-state index in [2.05, 4.69) is 5.32 Å². The van der Waals surface area contributed by atoms with Gasteiger partial charge in [0.1, 0.15) is 5.82 Å². The normalized spacial score (nSPS) is 13.9. The second-order valence-corrected chi connectivity index (χ2v) is 9.38. The zero-order valence-electron chi connectivity index (χ0n) is 21.5. The van der Waals surface area contributed by atoms with E-state index in [4.69, 9.17) is 10.5 Å². The molecule has 10 heteroatoms. The number of rotatable bonds is 7. The minimum absolute atomic E-state index is 0. The van der Waals surface area contributed by atoms with Crippen molar-refractivity contribution in [2.75, 3.05) is 46.2 Å². The van der Waals surface area contributed by atoms with Crippen LogP contribution < -0.4 is 11.1 Å². The van der Waals surface area contributed by atoms with Crippen molar-refractivity contribution in [3.05, 3.63) is 65.1 Å². The summed E-state index contributed by atoms with van der Waals surface area (Å²) in [6, 6.07) is 10.4. The predicted octanol–water partition coefficient (Wildman–Crippen LogP) is 4.42. The Hall–Kier alpha value is -3.14. The molecule has 2 heterocycles. The van der Waals surface area contributed by atoms with E-state index in [1.54, 1.807) is 33.3 Å². The fourth-order valence-corrected chi connectivity index (χ4v) is 4.82. The van der Waals surface area contributed by atoms with Gasteiger partial charge in [-0.2, -0.15) is 0 Å². The lowest BCUT2D eigenvalue weighted by Crippen LogP contribution is -2.38. The number of hydrogen-bond donors (Lipinski definition) is 2. The van der Waals surface area contributed by atoms with E-state index in [9.17, 15) is 14.0 Å². The van der Waals surface area contributed by atoms with Gasteiger partial charge in [-0.15, -0.1) is 12.4 Å². The van der Waals surface area contributed by atoms with Crippen molar-refractivity contribution >= 4 is 40.9 Å². The highest BCUT2D eigenvalue weighted by Gasteiger charge is 2.29. The molecule has 3 aromatic rings. The summed E-state index contributed by atoms with van der Waals surface area (Å²) in [5.74, 6) is -0.282. The Labute approximate surface area is 222 Å². The van der Waals surface area contributed by atoms with Gasteiger partial charge in [-0.05, 0) is 48.1 Å². The number of anilines is 1. The van der Waals surface area contributed by atoms with Gasteiger partial charge in [-0.25, -0.2) is 9.18 Å². The smallest absolute Gasteiger partial charge is 0.321 e. The number of aromatic nitrogens is 1. The summed E-state index contributed by atoms with van der Waals surface area (Å²) >= 11 is 0. The molecule has 3 amide bonds. The number of amides is 3. The number of urea groups is 1. The van der Waals surface area contributed by atoms with Crippen LogP contribution in [0.5, 0.6) is 0 Å². The quantitative estimate of drug-likeness (QED) is 0.472. The van der Waals surface area contributed by atoms with Crippen LogP contribution >= 0.6 is 12.4 Å². The highest BCUT2D eigenvalue weighted by atomic mass is 35.5. The maximum absolute atomic E-state index is 14.5. The maximum atomic E-state index is 14.5. The molecule has 200 valence electrons. The maximum Gasteiger partial charge on any atom is 0.321 e. The molecule has 0 saturated carbocycles. The second kappa shape index (κ2) is 12.4. The van der Waals surface area contributed by atoms with E-state index in [0.29, 0.717) is 67.8 Å². The van der Waals surface area contributed by atoms with Crippen molar-refractivity contribution in [3.63, 3.8) is 0 Å². The van der Waals surface area contributed by atoms with Gasteiger partial charge in [0.05, 0.1) is 23.4 Å². The fourth-order valence-electron chi connectivity index (χ4n) is 4.82. The molecule has 3 N–H and O–H groups in total. The number of nitrogens with two attached hydrogens (primary N) is 1. The van der Waals surface area contributed by atoms with Gasteiger partial charge in [0.2, 0.25) is 0 Å². The van der Waals surface area contributed by atoms with Crippen LogP contribution in [0.15, 0.2) is 42.6 Å². The van der Waals surface area contributed by atoms with Gasteiger partial charge in [0, 0.05) is 59.0 Å². The lowest BCUT2D eigenvalue weighted by molar-refractivity contribution is 0.0714. The summed E-state index contributed by atoms with van der Waals surface area (Å²) in [7, 11) is 4.97. The second-order valence-electron chi connectivity index (χ2n) is 9.38. The molecule has 0 unspecified atom stereocenters. The number of methoxy groups -OCH3 is 1. The Balaban J connectivity index is 0.00000380. The number of halogens is 2. The minimum atomic E-state index is -0.270. The molecule has 8 nitrogen and oxygen atoms in total. The van der Waals surface area contributed by atoms with Crippen LogP contribution in [-0.4, -0.2) is 67.2 Å². The molecule has 1 aliphatic rings. The summed E-state index contributed by atoms with van der Waals surface area (Å²) in [6.45, 7) is 2.47. The number of nitrogens with zero attached hydrogens (tertiary/aromatic N) is 3. The summed E-state index contributed by atoms with van der Waals surface area (Å²) in [4.78, 5) is 29.4. The molecule has 4 rings (SSSR count). The Bertz CT molecular complexity index is 1250. The Morgan fingerprint density at radius 2 is 1.92 bits per heavy atom. The molecular weight excluding hydrogens is 497 g/mol. The molecule has 0 spiro atoms. The van der Waals surface area contributed by atoms with Crippen molar-refractivity contribution in [3.8, 4) is 0 Å². The number of fused-ring (bicyclic) bond motifs is 1. The molecule has 0 aliphatic carbocycles. The van der Waals surface area contributed by atoms with Crippen molar-refractivity contribution in [1.82, 2.24) is 14.4 Å². The topological polar surface area (TPSA) is 92.8 Å². The molecule has 0 atom stereocenters. The van der Waals surface area contributed by atoms with Crippen LogP contribution in [0.3, 0.4) is 0 Å². The van der Waals surface area contributed by atoms with Gasteiger partial charge in [-0.3, -0.25) is 4.79 Å². The predicted molar refractivity (Wildman–Crippen MR) is 146 cm³/mol. The number of benzene rings is 2. The first-order valence-corrected chi connectivity index (χ1v) is 12.2. The van der Waals surface area contributed by atoms with Crippen molar-refractivity contribution in [1.29, 1.82) is 0 Å². The SMILES string of the molecule is COCCn1cc(C(=O)N2CCC(c3cc(CN)ccc3F)CC2)c2c(NC(=O)N(C)C)cccc21.Cl. The number of ether oxygens (including phenoxy) is 1. The van der Waals surface area contributed by atoms with Crippen molar-refractivity contribution in [2.24, 2.45) is 5.73 Å². The van der Waals surface area contributed by atoms with Crippen LogP contribution in [0.25, 0.3) is 10.9 Å². The lowest BCUT2D eigenvalue weighted by atomic mass is 9.88. The third-order valence-corrected chi connectivity index (χ3v) is 6.84. The van der Waals surface area contributed by atoms with E-state index in [1.165, 1.54) is 11.0 Å². The van der Waals surface area contributed by atoms with Gasteiger partial charge in [0.25, 0.3) is 5.91 Å². The Morgan fingerprint density at radius 3 is 2.57 bits per heavy atom. The molecule has 1 saturated heterocycles. The average molecular weight is 532 g/mol. The monoisotopic (exact) mass is 531 g/mol. The molecular formula is C27H35ClFN5O3. The van der Waals surface area contributed by atoms with E-state index in [1.807, 2.05) is 33.9 Å². The highest BCUT2D eigenvalue weighted by Crippen LogP contribution is 2.34. The van der Waals surface area contributed by atoms with Gasteiger partial charge < -0.3 is 30.2 Å². The highest BCUT2D eigenvalue weighted by molar-refractivity contribution is 6.13. The van der Waals surface area contributed by atoms with Crippen LogP contribution in [0.2, 0.25) is 0 Å². The van der Waals surface area contributed by atoms with Crippen molar-refractivity contribution < 1.29 is 18.7 Å². The van der Waals surface area contributed by atoms with Gasteiger partial charge in [-0.1, -0.05) is 18.2 Å². The first-order chi connectivity index (χ1) is 17.3. The molecule has 1 aliphatic heterocycles. The first-order valence-electron chi connectivity index (χ1n) is 12.2. The fraction of sp³-hybridized carbons (Fsp3) is 0.407. The van der Waals surface area contributed by atoms with Gasteiger partial charge in [0.15, 0.2) is 0 Å². The first kappa shape index (κ1) is 28.4. The largest absolute Gasteiger partial charge is 0.383 e.